The molecule has 0 aromatic heterocycles. The van der Waals surface area contributed by atoms with Crippen LogP contribution in [0.15, 0.2) is 11.8 Å². The monoisotopic (exact) mass is 498 g/mol. The van der Waals surface area contributed by atoms with E-state index in [1.165, 1.54) is 90.4 Å². The summed E-state index contributed by atoms with van der Waals surface area (Å²) in [5, 5.41) is 29.9. The van der Waals surface area contributed by atoms with Crippen LogP contribution in [-0.2, 0) is 14.3 Å². The van der Waals surface area contributed by atoms with Crippen molar-refractivity contribution in [2.45, 2.75) is 143 Å². The Hall–Kier alpha value is -1.03. The molecule has 0 spiro atoms. The minimum Gasteiger partial charge on any atom is -0.875 e. The van der Waals surface area contributed by atoms with Crippen molar-refractivity contribution in [1.29, 1.82) is 0 Å². The largest absolute Gasteiger partial charge is 3.00 e. The van der Waals surface area contributed by atoms with Crippen LogP contribution in [-0.4, -0.2) is 42.0 Å². The summed E-state index contributed by atoms with van der Waals surface area (Å²) >= 11 is 0. The first kappa shape index (κ1) is 40.2. The molecule has 0 saturated heterocycles. The molecule has 0 unspecified atom stereocenters. The van der Waals surface area contributed by atoms with Crippen molar-refractivity contribution in [2.24, 2.45) is 0 Å². The van der Waals surface area contributed by atoms with Crippen molar-refractivity contribution in [3.05, 3.63) is 11.8 Å². The van der Waals surface area contributed by atoms with E-state index in [4.69, 9.17) is 0 Å². The van der Waals surface area contributed by atoms with Gasteiger partial charge in [-0.05, 0) is 19.8 Å². The van der Waals surface area contributed by atoms with Crippen LogP contribution >= 0.6 is 0 Å². The number of unbranched alkanes of at least 4 members (excludes halogenated alkanes) is 14. The minimum absolute atomic E-state index is 0. The van der Waals surface area contributed by atoms with Gasteiger partial charge in [0.15, 0.2) is 0 Å². The fourth-order valence-electron chi connectivity index (χ4n) is 2.99. The fraction of sp³-hybridized carbons (Fsp3) is 0.852. The van der Waals surface area contributed by atoms with Crippen LogP contribution in [0.4, 0.5) is 0 Å². The van der Waals surface area contributed by atoms with E-state index in [9.17, 15) is 24.9 Å². The molecule has 34 heavy (non-hydrogen) atoms. The maximum Gasteiger partial charge on any atom is 3.00 e. The van der Waals surface area contributed by atoms with E-state index in [0.717, 1.165) is 18.9 Å². The number of carbonyl (C=O) groups is 2. The van der Waals surface area contributed by atoms with Gasteiger partial charge in [-0.3, -0.25) is 0 Å². The van der Waals surface area contributed by atoms with Gasteiger partial charge in [-0.1, -0.05) is 118 Å². The molecule has 0 aliphatic carbocycles. The Balaban J connectivity index is -0.000000267. The summed E-state index contributed by atoms with van der Waals surface area (Å²) in [6.45, 7) is 8.79. The van der Waals surface area contributed by atoms with Crippen LogP contribution in [0.25, 0.3) is 0 Å². The van der Waals surface area contributed by atoms with Crippen LogP contribution in [0.2, 0.25) is 0 Å². The van der Waals surface area contributed by atoms with Crippen LogP contribution < -0.4 is 15.3 Å². The topological polar surface area (TPSA) is 113 Å². The molecule has 0 aromatic carbocycles. The molecule has 0 rings (SSSR count). The van der Waals surface area contributed by atoms with Crippen LogP contribution in [0.5, 0.6) is 0 Å². The quantitative estimate of drug-likeness (QED) is 0.0921. The Bertz CT molecular complexity index is 446. The van der Waals surface area contributed by atoms with Gasteiger partial charge in [-0.25, -0.2) is 4.79 Å². The van der Waals surface area contributed by atoms with Crippen LogP contribution in [0.3, 0.4) is 0 Å². The molecule has 0 fully saturated rings. The summed E-state index contributed by atoms with van der Waals surface area (Å²) in [6.07, 6.45) is 20.4. The fourth-order valence-corrected chi connectivity index (χ4v) is 2.99. The Labute approximate surface area is 220 Å². The number of carbonyl (C=O) groups excluding carboxylic acids is 2. The van der Waals surface area contributed by atoms with Crippen molar-refractivity contribution in [3.63, 3.8) is 0 Å². The zero-order chi connectivity index (χ0) is 25.7. The zero-order valence-corrected chi connectivity index (χ0v) is 23.9. The van der Waals surface area contributed by atoms with Gasteiger partial charge in [0, 0.05) is 12.0 Å². The van der Waals surface area contributed by atoms with E-state index >= 15 is 0 Å². The molecule has 0 bridgehead atoms. The van der Waals surface area contributed by atoms with Crippen molar-refractivity contribution in [3.8, 4) is 0 Å². The molecule has 0 aliphatic rings. The Morgan fingerprint density at radius 1 is 0.735 bits per heavy atom. The van der Waals surface area contributed by atoms with Crippen molar-refractivity contribution in [1.82, 2.24) is 0 Å². The maximum absolute atomic E-state index is 10.4. The van der Waals surface area contributed by atoms with E-state index in [1.54, 1.807) is 20.8 Å². The Morgan fingerprint density at radius 2 is 1.06 bits per heavy atom. The van der Waals surface area contributed by atoms with E-state index in [-0.39, 0.29) is 29.5 Å². The average molecular weight is 499 g/mol. The number of ether oxygens (including phenoxy) is 1. The number of hydrogen-bond donors (Lipinski definition) is 0. The normalized spacial score (nSPS) is 10.4. The Morgan fingerprint density at radius 3 is 1.32 bits per heavy atom. The number of carboxylic acids is 1. The molecule has 0 radical (unpaired) electrons. The zero-order valence-electron chi connectivity index (χ0n) is 22.7. The van der Waals surface area contributed by atoms with Gasteiger partial charge in [0.2, 0.25) is 0 Å². The van der Waals surface area contributed by atoms with Gasteiger partial charge in [-0.15, -0.1) is 11.9 Å². The van der Waals surface area contributed by atoms with Gasteiger partial charge in [-0.2, -0.15) is 0 Å². The predicted molar refractivity (Wildman–Crippen MR) is 136 cm³/mol. The van der Waals surface area contributed by atoms with E-state index in [2.05, 4.69) is 11.7 Å². The standard InChI is InChI=1S/C18H36O2.C6H10O3.C3H7O.Al/c1-2-3-4-5-6-7-8-9-10-11-12-13-14-15-16-17-18(19)20;1-3-9-6(8)4-5(2)7;1-3(2)4;/h2-17H2,1H3,(H,19,20);4,7H,3H2,1-2H3;3H,1-2H3;/q;;-1;+3/p-2/b;5-4-;;. The van der Waals surface area contributed by atoms with Crippen LogP contribution in [0, 0.1) is 0 Å². The second-order valence-electron chi connectivity index (χ2n) is 8.63. The number of allylic oxidation sites excluding steroid dienone is 1. The SMILES string of the molecule is CC(C)[O-].CCCCCCCCCCCCCCCCCC(=O)[O-].CCOC(=O)/C=C(/C)[O-].[Al+3]. The molecule has 0 saturated carbocycles. The third-order valence-electron chi connectivity index (χ3n) is 4.59. The molecule has 7 heteroatoms. The minimum atomic E-state index is -0.903. The summed E-state index contributed by atoms with van der Waals surface area (Å²) < 4.78 is 4.44. The predicted octanol–water partition coefficient (Wildman–Crippen LogP) is 4.19. The third kappa shape index (κ3) is 52.7. The maximum atomic E-state index is 10.4. The van der Waals surface area contributed by atoms with E-state index in [0.29, 0.717) is 6.61 Å². The first-order valence-electron chi connectivity index (χ1n) is 13.0. The second kappa shape index (κ2) is 34.1. The third-order valence-corrected chi connectivity index (χ3v) is 4.59. The first-order valence-corrected chi connectivity index (χ1v) is 13.0. The van der Waals surface area contributed by atoms with Gasteiger partial charge >= 0.3 is 23.3 Å². The number of carboxylic acid groups (broad SMARTS) is 1. The summed E-state index contributed by atoms with van der Waals surface area (Å²) in [4.78, 5) is 20.6. The molecule has 198 valence electrons. The molecular weight excluding hydrogens is 447 g/mol. The molecule has 0 aromatic rings. The van der Waals surface area contributed by atoms with Crippen LogP contribution in [0.1, 0.15) is 137 Å². The van der Waals surface area contributed by atoms with Gasteiger partial charge < -0.3 is 24.9 Å². The average Bonchev–Trinajstić information content (AvgIpc) is 2.70. The molecule has 0 aliphatic heterocycles. The second-order valence-corrected chi connectivity index (χ2v) is 8.63. The van der Waals surface area contributed by atoms with E-state index < -0.39 is 18.0 Å². The van der Waals surface area contributed by atoms with Gasteiger partial charge in [0.25, 0.3) is 0 Å². The summed E-state index contributed by atoms with van der Waals surface area (Å²) in [7, 11) is 0. The van der Waals surface area contributed by atoms with E-state index in [1.807, 2.05) is 0 Å². The molecule has 0 amide bonds. The number of rotatable bonds is 18. The molecule has 0 heterocycles. The molecule has 0 N–H and O–H groups in total. The summed E-state index contributed by atoms with van der Waals surface area (Å²) in [6, 6.07) is 0. The van der Waals surface area contributed by atoms with Crippen molar-refractivity contribution >= 4 is 29.3 Å². The van der Waals surface area contributed by atoms with Gasteiger partial charge in [0.1, 0.15) is 0 Å². The molecule has 6 nitrogen and oxygen atoms in total. The summed E-state index contributed by atoms with van der Waals surface area (Å²) in [5.74, 6) is -1.75. The number of hydrogen-bond acceptors (Lipinski definition) is 6. The number of esters is 1. The van der Waals surface area contributed by atoms with Crippen molar-refractivity contribution in [2.75, 3.05) is 6.61 Å². The smallest absolute Gasteiger partial charge is 0.875 e. The molecule has 0 atom stereocenters. The van der Waals surface area contributed by atoms with Gasteiger partial charge in [0.05, 0.1) is 6.61 Å². The first-order chi connectivity index (χ1) is 15.7. The number of aliphatic carboxylic acids is 1. The molecular formula is C27H51AlO6. The van der Waals surface area contributed by atoms with Crippen molar-refractivity contribution < 1.29 is 29.6 Å². The summed E-state index contributed by atoms with van der Waals surface area (Å²) in [5.41, 5.74) is 0. The Kier molecular flexibility index (Phi) is 40.3.